The number of anilines is 1. The number of carbonyl (C=O) groups excluding carboxylic acids is 1. The van der Waals surface area contributed by atoms with Crippen molar-refractivity contribution in [3.05, 3.63) is 29.1 Å². The van der Waals surface area contributed by atoms with Crippen LogP contribution in [0.1, 0.15) is 29.3 Å². The van der Waals surface area contributed by atoms with Crippen molar-refractivity contribution >= 4 is 17.6 Å². The number of nitrogens with zero attached hydrogens (tertiary/aromatic N) is 1. The molecule has 1 N–H and O–H groups in total. The molecule has 1 aliphatic rings. The largest absolute Gasteiger partial charge is 0.478 e. The molecule has 4 nitrogen and oxygen atoms in total. The molecule has 0 saturated carbocycles. The SMILES string of the molecule is CC(=O)N1CCCc2cc(C(=O)O)c(F)cc21. The van der Waals surface area contributed by atoms with E-state index in [0.29, 0.717) is 24.2 Å². The number of carbonyl (C=O) groups is 2. The molecule has 0 spiro atoms. The third-order valence-electron chi connectivity index (χ3n) is 2.90. The van der Waals surface area contributed by atoms with Gasteiger partial charge in [0.25, 0.3) is 0 Å². The molecule has 0 aromatic heterocycles. The Kier molecular flexibility index (Phi) is 2.83. The molecule has 0 unspecified atom stereocenters. The minimum atomic E-state index is -1.29. The molecule has 0 aliphatic carbocycles. The Morgan fingerprint density at radius 1 is 1.41 bits per heavy atom. The molecule has 1 aromatic rings. The van der Waals surface area contributed by atoms with E-state index in [1.165, 1.54) is 17.9 Å². The summed E-state index contributed by atoms with van der Waals surface area (Å²) in [5.74, 6) is -2.25. The van der Waals surface area contributed by atoms with Crippen molar-refractivity contribution in [2.75, 3.05) is 11.4 Å². The van der Waals surface area contributed by atoms with Gasteiger partial charge in [-0.3, -0.25) is 4.79 Å². The van der Waals surface area contributed by atoms with Gasteiger partial charge >= 0.3 is 5.97 Å². The monoisotopic (exact) mass is 237 g/mol. The molecule has 1 aromatic carbocycles. The highest BCUT2D eigenvalue weighted by Gasteiger charge is 2.23. The molecule has 0 radical (unpaired) electrons. The van der Waals surface area contributed by atoms with Gasteiger partial charge in [-0.15, -0.1) is 0 Å². The summed E-state index contributed by atoms with van der Waals surface area (Å²) >= 11 is 0. The van der Waals surface area contributed by atoms with Crippen LogP contribution in [0.25, 0.3) is 0 Å². The van der Waals surface area contributed by atoms with E-state index in [9.17, 15) is 14.0 Å². The Morgan fingerprint density at radius 2 is 2.12 bits per heavy atom. The lowest BCUT2D eigenvalue weighted by atomic mass is 9.98. The first-order chi connectivity index (χ1) is 8.00. The molecular weight excluding hydrogens is 225 g/mol. The van der Waals surface area contributed by atoms with Gasteiger partial charge in [-0.1, -0.05) is 0 Å². The lowest BCUT2D eigenvalue weighted by Crippen LogP contribution is -2.33. The molecule has 2 rings (SSSR count). The Bertz CT molecular complexity index is 499. The molecule has 0 atom stereocenters. The van der Waals surface area contributed by atoms with E-state index in [0.717, 1.165) is 12.5 Å². The number of carboxylic acids is 1. The number of hydrogen-bond acceptors (Lipinski definition) is 2. The second kappa shape index (κ2) is 4.16. The first-order valence-corrected chi connectivity index (χ1v) is 5.34. The minimum Gasteiger partial charge on any atom is -0.478 e. The Labute approximate surface area is 97.7 Å². The van der Waals surface area contributed by atoms with Crippen molar-refractivity contribution in [3.63, 3.8) is 0 Å². The van der Waals surface area contributed by atoms with E-state index in [1.807, 2.05) is 0 Å². The Morgan fingerprint density at radius 3 is 2.71 bits per heavy atom. The van der Waals surface area contributed by atoms with Crippen LogP contribution < -0.4 is 4.90 Å². The summed E-state index contributed by atoms with van der Waals surface area (Å²) in [7, 11) is 0. The van der Waals surface area contributed by atoms with Crippen molar-refractivity contribution in [3.8, 4) is 0 Å². The average Bonchev–Trinajstić information content (AvgIpc) is 2.26. The first kappa shape index (κ1) is 11.6. The number of halogens is 1. The average molecular weight is 237 g/mol. The van der Waals surface area contributed by atoms with Gasteiger partial charge in [-0.05, 0) is 30.5 Å². The van der Waals surface area contributed by atoms with Crippen LogP contribution in [0.5, 0.6) is 0 Å². The van der Waals surface area contributed by atoms with Gasteiger partial charge in [0.1, 0.15) is 5.82 Å². The summed E-state index contributed by atoms with van der Waals surface area (Å²) in [4.78, 5) is 23.7. The van der Waals surface area contributed by atoms with Crippen LogP contribution in [0, 0.1) is 5.82 Å². The Balaban J connectivity index is 2.54. The zero-order valence-electron chi connectivity index (χ0n) is 9.36. The number of benzene rings is 1. The van der Waals surface area contributed by atoms with Gasteiger partial charge in [-0.2, -0.15) is 0 Å². The molecule has 0 saturated heterocycles. The van der Waals surface area contributed by atoms with Crippen LogP contribution in [0.2, 0.25) is 0 Å². The molecule has 17 heavy (non-hydrogen) atoms. The van der Waals surface area contributed by atoms with Crippen LogP contribution >= 0.6 is 0 Å². The van der Waals surface area contributed by atoms with Gasteiger partial charge in [0.15, 0.2) is 0 Å². The fourth-order valence-corrected chi connectivity index (χ4v) is 2.10. The summed E-state index contributed by atoms with van der Waals surface area (Å²) in [6.07, 6.45) is 1.43. The van der Waals surface area contributed by atoms with E-state index in [4.69, 9.17) is 5.11 Å². The lowest BCUT2D eigenvalue weighted by Gasteiger charge is -2.28. The molecule has 1 heterocycles. The van der Waals surface area contributed by atoms with E-state index in [1.54, 1.807) is 0 Å². The summed E-state index contributed by atoms with van der Waals surface area (Å²) < 4.78 is 13.5. The highest BCUT2D eigenvalue weighted by molar-refractivity contribution is 5.94. The molecule has 0 bridgehead atoms. The third kappa shape index (κ3) is 2.00. The van der Waals surface area contributed by atoms with Crippen LogP contribution in [0.15, 0.2) is 12.1 Å². The molecule has 0 fully saturated rings. The highest BCUT2D eigenvalue weighted by atomic mass is 19.1. The van der Waals surface area contributed by atoms with Gasteiger partial charge in [0, 0.05) is 19.2 Å². The predicted octanol–water partition coefficient (Wildman–Crippen LogP) is 1.82. The standard InChI is InChI=1S/C12H12FNO3/c1-7(15)14-4-2-3-8-5-9(12(16)17)10(13)6-11(8)14/h5-6H,2-4H2,1H3,(H,16,17). The minimum absolute atomic E-state index is 0.159. The fourth-order valence-electron chi connectivity index (χ4n) is 2.10. The number of rotatable bonds is 1. The maximum atomic E-state index is 13.5. The lowest BCUT2D eigenvalue weighted by molar-refractivity contribution is -0.116. The first-order valence-electron chi connectivity index (χ1n) is 5.34. The zero-order chi connectivity index (χ0) is 12.6. The topological polar surface area (TPSA) is 57.6 Å². The molecule has 1 aliphatic heterocycles. The normalized spacial score (nSPS) is 14.4. The number of fused-ring (bicyclic) bond motifs is 1. The van der Waals surface area contributed by atoms with Gasteiger partial charge in [0.05, 0.1) is 5.56 Å². The molecular formula is C12H12FNO3. The summed E-state index contributed by atoms with van der Waals surface area (Å²) in [6, 6.07) is 2.46. The van der Waals surface area contributed by atoms with Gasteiger partial charge in [0.2, 0.25) is 5.91 Å². The zero-order valence-corrected chi connectivity index (χ0v) is 9.36. The maximum absolute atomic E-state index is 13.5. The maximum Gasteiger partial charge on any atom is 0.338 e. The van der Waals surface area contributed by atoms with Gasteiger partial charge in [-0.25, -0.2) is 9.18 Å². The van der Waals surface area contributed by atoms with Crippen LogP contribution in [0.4, 0.5) is 10.1 Å². The number of carboxylic acid groups (broad SMARTS) is 1. The number of aryl methyl sites for hydroxylation is 1. The Hall–Kier alpha value is -1.91. The van der Waals surface area contributed by atoms with Crippen LogP contribution in [-0.2, 0) is 11.2 Å². The second-order valence-corrected chi connectivity index (χ2v) is 4.04. The van der Waals surface area contributed by atoms with Crippen molar-refractivity contribution in [1.82, 2.24) is 0 Å². The summed E-state index contributed by atoms with van der Waals surface area (Å²) in [6.45, 7) is 1.96. The number of amides is 1. The molecule has 90 valence electrons. The number of aromatic carboxylic acids is 1. The van der Waals surface area contributed by atoms with Gasteiger partial charge < -0.3 is 10.0 Å². The number of hydrogen-bond donors (Lipinski definition) is 1. The molecule has 1 amide bonds. The summed E-state index contributed by atoms with van der Waals surface area (Å²) in [5.41, 5.74) is 0.866. The summed E-state index contributed by atoms with van der Waals surface area (Å²) in [5, 5.41) is 8.82. The predicted molar refractivity (Wildman–Crippen MR) is 59.7 cm³/mol. The van der Waals surface area contributed by atoms with Crippen molar-refractivity contribution < 1.29 is 19.1 Å². The third-order valence-corrected chi connectivity index (χ3v) is 2.90. The van der Waals surface area contributed by atoms with Crippen LogP contribution in [-0.4, -0.2) is 23.5 Å². The van der Waals surface area contributed by atoms with E-state index in [-0.39, 0.29) is 11.5 Å². The highest BCUT2D eigenvalue weighted by Crippen LogP contribution is 2.29. The fraction of sp³-hybridized carbons (Fsp3) is 0.333. The van der Waals surface area contributed by atoms with E-state index < -0.39 is 11.8 Å². The smallest absolute Gasteiger partial charge is 0.338 e. The van der Waals surface area contributed by atoms with Crippen molar-refractivity contribution in [1.29, 1.82) is 0 Å². The van der Waals surface area contributed by atoms with E-state index in [2.05, 4.69) is 0 Å². The van der Waals surface area contributed by atoms with Crippen LogP contribution in [0.3, 0.4) is 0 Å². The quantitative estimate of drug-likeness (QED) is 0.810. The van der Waals surface area contributed by atoms with Crippen molar-refractivity contribution in [2.24, 2.45) is 0 Å². The molecule has 5 heteroatoms. The van der Waals surface area contributed by atoms with E-state index >= 15 is 0 Å². The van der Waals surface area contributed by atoms with Crippen molar-refractivity contribution in [2.45, 2.75) is 19.8 Å². The second-order valence-electron chi connectivity index (χ2n) is 4.04.